The maximum atomic E-state index is 13.4. The van der Waals surface area contributed by atoms with Crippen molar-refractivity contribution < 1.29 is 23.8 Å². The zero-order valence-corrected chi connectivity index (χ0v) is 38.6. The fraction of sp³-hybridized carbons (Fsp3) is 0.333. The summed E-state index contributed by atoms with van der Waals surface area (Å²) in [6, 6.07) is 26.4. The van der Waals surface area contributed by atoms with Crippen molar-refractivity contribution in [2.24, 2.45) is 9.98 Å². The van der Waals surface area contributed by atoms with E-state index in [0.29, 0.717) is 78.3 Å². The summed E-state index contributed by atoms with van der Waals surface area (Å²) >= 11 is 8.00. The van der Waals surface area contributed by atoms with Gasteiger partial charge in [-0.05, 0) is 94.3 Å². The smallest absolute Gasteiger partial charge is 0.222 e. The average Bonchev–Trinajstić information content (AvgIpc) is 3.82. The van der Waals surface area contributed by atoms with Crippen molar-refractivity contribution in [3.63, 3.8) is 0 Å². The summed E-state index contributed by atoms with van der Waals surface area (Å²) in [5, 5.41) is 24.2. The molecule has 2 N–H and O–H groups in total. The summed E-state index contributed by atoms with van der Waals surface area (Å²) < 4.78 is 21.1. The van der Waals surface area contributed by atoms with E-state index in [4.69, 9.17) is 35.8 Å². The van der Waals surface area contributed by atoms with E-state index >= 15 is 0 Å². The largest absolute Gasteiger partial charge is 0.497 e. The molecule has 0 spiro atoms. The number of halogens is 1. The number of aromatic nitrogens is 6. The molecule has 0 aliphatic carbocycles. The van der Waals surface area contributed by atoms with Crippen LogP contribution in [-0.4, -0.2) is 99.0 Å². The van der Waals surface area contributed by atoms with Crippen LogP contribution in [0.4, 0.5) is 0 Å². The van der Waals surface area contributed by atoms with Gasteiger partial charge in [-0.2, -0.15) is 0 Å². The molecule has 0 radical (unpaired) electrons. The highest BCUT2D eigenvalue weighted by atomic mass is 35.5. The standard InChI is InChI=1S/C48H51ClN10O5S/c1-6-50-43(60)27-39-47-56-54-29(2)58(47)42-20-16-35(63-5)26-38(42)46(52-39)32-11-17-36(18-12-32)65-24-8-23-64-22-7-21-51-44(61)28-40-48-57-55-30(3)59(48)41-19-15-34(62-4)25-37(41)45(53-40)31-9-13-33(49)14-10-31/h9-20,25-26,39-40H,6-8,21-24,27-28H2,1-5H3,(H,50,60)(H,51,61). The molecule has 15 nitrogen and oxygen atoms in total. The summed E-state index contributed by atoms with van der Waals surface area (Å²) in [7, 11) is 3.27. The van der Waals surface area contributed by atoms with E-state index in [1.807, 2.05) is 90.6 Å². The molecule has 2 aliphatic rings. The van der Waals surface area contributed by atoms with Crippen LogP contribution in [0.5, 0.6) is 11.5 Å². The van der Waals surface area contributed by atoms with E-state index in [-0.39, 0.29) is 24.7 Å². The Hall–Kier alpha value is -6.36. The second kappa shape index (κ2) is 20.6. The predicted molar refractivity (Wildman–Crippen MR) is 252 cm³/mol. The van der Waals surface area contributed by atoms with E-state index in [2.05, 4.69) is 55.3 Å². The molecule has 0 fully saturated rings. The number of hydrogen-bond acceptors (Lipinski definition) is 12. The van der Waals surface area contributed by atoms with Gasteiger partial charge in [-0.1, -0.05) is 35.9 Å². The summed E-state index contributed by atoms with van der Waals surface area (Å²) in [5.74, 6) is 4.64. The van der Waals surface area contributed by atoms with Crippen LogP contribution in [0.1, 0.15) is 90.2 Å². The van der Waals surface area contributed by atoms with Crippen LogP contribution in [0, 0.1) is 13.8 Å². The second-order valence-corrected chi connectivity index (χ2v) is 17.2. The number of benzene rings is 4. The van der Waals surface area contributed by atoms with Crippen LogP contribution in [-0.2, 0) is 14.3 Å². The minimum absolute atomic E-state index is 0.0945. The molecule has 2 aliphatic heterocycles. The van der Waals surface area contributed by atoms with Crippen molar-refractivity contribution >= 4 is 46.6 Å². The van der Waals surface area contributed by atoms with Gasteiger partial charge in [0.15, 0.2) is 11.6 Å². The number of aryl methyl sites for hydroxylation is 2. The van der Waals surface area contributed by atoms with Crippen molar-refractivity contribution in [2.45, 2.75) is 63.4 Å². The van der Waals surface area contributed by atoms with Crippen LogP contribution < -0.4 is 20.1 Å². The molecule has 4 heterocycles. The highest BCUT2D eigenvalue weighted by Crippen LogP contribution is 2.36. The highest BCUT2D eigenvalue weighted by molar-refractivity contribution is 7.99. The Morgan fingerprint density at radius 3 is 1.71 bits per heavy atom. The van der Waals surface area contributed by atoms with Gasteiger partial charge < -0.3 is 24.8 Å². The molecular weight excluding hydrogens is 864 g/mol. The number of amides is 2. The van der Waals surface area contributed by atoms with E-state index in [1.165, 1.54) is 0 Å². The number of fused-ring (bicyclic) bond motifs is 6. The van der Waals surface area contributed by atoms with Gasteiger partial charge in [0.2, 0.25) is 11.8 Å². The van der Waals surface area contributed by atoms with Gasteiger partial charge in [0.1, 0.15) is 35.2 Å². The number of hydrogen-bond donors (Lipinski definition) is 2. The lowest BCUT2D eigenvalue weighted by atomic mass is 10.00. The average molecular weight is 916 g/mol. The zero-order valence-electron chi connectivity index (χ0n) is 37.0. The number of thioether (sulfide) groups is 1. The number of nitrogens with zero attached hydrogens (tertiary/aromatic N) is 8. The summed E-state index contributed by atoms with van der Waals surface area (Å²) in [6.45, 7) is 7.82. The van der Waals surface area contributed by atoms with Crippen molar-refractivity contribution in [1.82, 2.24) is 40.2 Å². The first-order valence-electron chi connectivity index (χ1n) is 21.6. The molecule has 0 saturated carbocycles. The molecule has 6 aromatic rings. The SMILES string of the molecule is CCNC(=O)CC1N=C(c2ccc(SCCCOCCCNC(=O)CC3N=C(c4ccc(Cl)cc4)c4cc(OC)ccc4-n4c(C)nnc43)cc2)c2cc(OC)ccc2-n2c(C)nnc21. The van der Waals surface area contributed by atoms with E-state index in [9.17, 15) is 9.59 Å². The molecule has 0 bridgehead atoms. The van der Waals surface area contributed by atoms with Crippen LogP contribution in [0.3, 0.4) is 0 Å². The first-order chi connectivity index (χ1) is 31.6. The molecular formula is C48H51ClN10O5S. The Balaban J connectivity index is 0.832. The number of rotatable bonds is 18. The van der Waals surface area contributed by atoms with E-state index < -0.39 is 12.1 Å². The summed E-state index contributed by atoms with van der Waals surface area (Å²) in [6.07, 6.45) is 1.78. The molecule has 2 atom stereocenters. The van der Waals surface area contributed by atoms with Gasteiger partial charge in [-0.15, -0.1) is 32.2 Å². The Labute approximate surface area is 387 Å². The topological polar surface area (TPSA) is 172 Å². The van der Waals surface area contributed by atoms with Gasteiger partial charge in [0.05, 0.1) is 49.9 Å². The van der Waals surface area contributed by atoms with Gasteiger partial charge in [-0.3, -0.25) is 28.7 Å². The molecule has 336 valence electrons. The van der Waals surface area contributed by atoms with Gasteiger partial charge in [0, 0.05) is 64.2 Å². The van der Waals surface area contributed by atoms with Crippen molar-refractivity contribution in [3.05, 3.63) is 136 Å². The third kappa shape index (κ3) is 10.1. The van der Waals surface area contributed by atoms with Gasteiger partial charge >= 0.3 is 0 Å². The van der Waals surface area contributed by atoms with E-state index in [0.717, 1.165) is 56.4 Å². The lowest BCUT2D eigenvalue weighted by Crippen LogP contribution is -2.27. The van der Waals surface area contributed by atoms with Crippen LogP contribution in [0.25, 0.3) is 11.4 Å². The van der Waals surface area contributed by atoms with Gasteiger partial charge in [-0.25, -0.2) is 0 Å². The van der Waals surface area contributed by atoms with Gasteiger partial charge in [0.25, 0.3) is 0 Å². The second-order valence-electron chi connectivity index (χ2n) is 15.5. The fourth-order valence-corrected chi connectivity index (χ4v) is 8.96. The predicted octanol–water partition coefficient (Wildman–Crippen LogP) is 7.54. The number of methoxy groups -OCH3 is 2. The molecule has 17 heteroatoms. The maximum Gasteiger partial charge on any atom is 0.222 e. The normalized spacial score (nSPS) is 15.0. The van der Waals surface area contributed by atoms with Crippen molar-refractivity contribution in [1.29, 1.82) is 0 Å². The Morgan fingerprint density at radius 1 is 0.677 bits per heavy atom. The maximum absolute atomic E-state index is 13.4. The van der Waals surface area contributed by atoms with Crippen LogP contribution in [0.15, 0.2) is 99.8 Å². The molecule has 2 unspecified atom stereocenters. The number of carbonyl (C=O) groups excluding carboxylic acids is 2. The number of aliphatic imine (C=N–C) groups is 2. The number of ether oxygens (including phenoxy) is 3. The fourth-order valence-electron chi connectivity index (χ4n) is 8.00. The molecule has 0 saturated heterocycles. The molecule has 4 aromatic carbocycles. The first-order valence-corrected chi connectivity index (χ1v) is 23.0. The lowest BCUT2D eigenvalue weighted by Gasteiger charge is -2.14. The monoisotopic (exact) mass is 914 g/mol. The molecule has 2 amide bonds. The summed E-state index contributed by atoms with van der Waals surface area (Å²) in [5.41, 5.74) is 6.70. The van der Waals surface area contributed by atoms with Crippen LogP contribution >= 0.6 is 23.4 Å². The van der Waals surface area contributed by atoms with Crippen molar-refractivity contribution in [2.75, 3.05) is 46.3 Å². The zero-order chi connectivity index (χ0) is 45.5. The summed E-state index contributed by atoms with van der Waals surface area (Å²) in [4.78, 5) is 37.7. The van der Waals surface area contributed by atoms with Crippen molar-refractivity contribution in [3.8, 4) is 22.9 Å². The molecule has 65 heavy (non-hydrogen) atoms. The Kier molecular flexibility index (Phi) is 14.4. The lowest BCUT2D eigenvalue weighted by molar-refractivity contribution is -0.122. The van der Waals surface area contributed by atoms with Crippen LogP contribution in [0.2, 0.25) is 5.02 Å². The van der Waals surface area contributed by atoms with E-state index in [1.54, 1.807) is 26.0 Å². The molecule has 8 rings (SSSR count). The quantitative estimate of drug-likeness (QED) is 0.0649. The third-order valence-corrected chi connectivity index (χ3v) is 12.5. The minimum atomic E-state index is -0.581. The minimum Gasteiger partial charge on any atom is -0.497 e. The third-order valence-electron chi connectivity index (χ3n) is 11.1. The first kappa shape index (κ1) is 45.2. The highest BCUT2D eigenvalue weighted by Gasteiger charge is 2.32. The molecule has 2 aromatic heterocycles. The Morgan fingerprint density at radius 2 is 1.18 bits per heavy atom. The number of nitrogens with one attached hydrogen (secondary N) is 2. The number of carbonyl (C=O) groups is 2. The Bertz CT molecular complexity index is 2730.